The third kappa shape index (κ3) is 9.67. The zero-order chi connectivity index (χ0) is 16.4. The summed E-state index contributed by atoms with van der Waals surface area (Å²) in [5.74, 6) is 1.57. The highest BCUT2D eigenvalue weighted by Gasteiger charge is 2.07. The molecule has 0 aromatic heterocycles. The van der Waals surface area contributed by atoms with Gasteiger partial charge in [-0.1, -0.05) is 0 Å². The van der Waals surface area contributed by atoms with E-state index in [1.165, 1.54) is 23.9 Å². The molecule has 7 nitrogen and oxygen atoms in total. The lowest BCUT2D eigenvalue weighted by atomic mass is 10.3. The number of thioether (sulfide) groups is 1. The Hall–Kier alpha value is -1.00. The van der Waals surface area contributed by atoms with E-state index in [2.05, 4.69) is 5.32 Å². The van der Waals surface area contributed by atoms with Crippen LogP contribution >= 0.6 is 24.2 Å². The molecule has 0 aliphatic heterocycles. The minimum Gasteiger partial charge on any atom is -0.493 e. The van der Waals surface area contributed by atoms with Gasteiger partial charge in [0.05, 0.1) is 17.3 Å². The average molecular weight is 384 g/mol. The second-order valence-electron chi connectivity index (χ2n) is 4.41. The molecule has 0 atom stereocenters. The number of halogens is 1. The number of amides is 1. The van der Waals surface area contributed by atoms with E-state index in [0.29, 0.717) is 37.0 Å². The predicted molar refractivity (Wildman–Crippen MR) is 94.6 cm³/mol. The number of nitrogens with two attached hydrogens (primary N) is 2. The van der Waals surface area contributed by atoms with Crippen LogP contribution in [-0.2, 0) is 14.8 Å². The second kappa shape index (κ2) is 11.5. The fraction of sp³-hybridized carbons (Fsp3) is 0.462. The van der Waals surface area contributed by atoms with Crippen molar-refractivity contribution in [2.75, 3.05) is 31.2 Å². The number of hydrogen-bond acceptors (Lipinski definition) is 6. The van der Waals surface area contributed by atoms with Crippen molar-refractivity contribution in [1.82, 2.24) is 5.32 Å². The lowest BCUT2D eigenvalue weighted by Gasteiger charge is -2.07. The van der Waals surface area contributed by atoms with Crippen LogP contribution in [0.2, 0.25) is 0 Å². The monoisotopic (exact) mass is 383 g/mol. The Labute approximate surface area is 147 Å². The smallest absolute Gasteiger partial charge is 0.238 e. The van der Waals surface area contributed by atoms with Crippen LogP contribution in [0.4, 0.5) is 0 Å². The zero-order valence-corrected chi connectivity index (χ0v) is 15.0. The summed E-state index contributed by atoms with van der Waals surface area (Å²) in [4.78, 5) is 11.4. The topological polar surface area (TPSA) is 125 Å². The van der Waals surface area contributed by atoms with Crippen LogP contribution in [0, 0.1) is 0 Å². The van der Waals surface area contributed by atoms with Crippen molar-refractivity contribution in [2.45, 2.75) is 11.3 Å². The van der Waals surface area contributed by atoms with Gasteiger partial charge in [0.15, 0.2) is 0 Å². The van der Waals surface area contributed by atoms with Crippen LogP contribution in [-0.4, -0.2) is 45.5 Å². The maximum absolute atomic E-state index is 11.4. The van der Waals surface area contributed by atoms with Gasteiger partial charge in [-0.3, -0.25) is 4.79 Å². The standard InChI is InChI=1S/C13H21N3O4S2.ClH/c14-6-1-7-16-13(17)10-21-9-8-20-11-2-4-12(5-3-11)22(15,18)19;/h2-5H,1,6-10,14H2,(H,16,17)(H2,15,18,19);1H. The highest BCUT2D eigenvalue weighted by molar-refractivity contribution is 7.99. The van der Waals surface area contributed by atoms with Crippen molar-refractivity contribution >= 4 is 40.1 Å². The number of carbonyl (C=O) groups is 1. The molecule has 1 aromatic rings. The Morgan fingerprint density at radius 3 is 2.48 bits per heavy atom. The van der Waals surface area contributed by atoms with Crippen molar-refractivity contribution in [3.05, 3.63) is 24.3 Å². The molecule has 0 aliphatic carbocycles. The van der Waals surface area contributed by atoms with Crippen LogP contribution in [0.1, 0.15) is 6.42 Å². The van der Waals surface area contributed by atoms with E-state index >= 15 is 0 Å². The van der Waals surface area contributed by atoms with Crippen LogP contribution in [0.5, 0.6) is 5.75 Å². The van der Waals surface area contributed by atoms with Gasteiger partial charge in [-0.15, -0.1) is 24.2 Å². The van der Waals surface area contributed by atoms with Crippen molar-refractivity contribution in [1.29, 1.82) is 0 Å². The zero-order valence-electron chi connectivity index (χ0n) is 12.6. The van der Waals surface area contributed by atoms with Crippen molar-refractivity contribution in [3.63, 3.8) is 0 Å². The summed E-state index contributed by atoms with van der Waals surface area (Å²) in [6.45, 7) is 1.59. The second-order valence-corrected chi connectivity index (χ2v) is 7.08. The number of carbonyl (C=O) groups excluding carboxylic acids is 1. The van der Waals surface area contributed by atoms with Crippen LogP contribution in [0.25, 0.3) is 0 Å². The molecule has 1 aromatic carbocycles. The summed E-state index contributed by atoms with van der Waals surface area (Å²) in [6.07, 6.45) is 0.772. The lowest BCUT2D eigenvalue weighted by Crippen LogP contribution is -2.27. The highest BCUT2D eigenvalue weighted by atomic mass is 35.5. The number of rotatable bonds is 10. The van der Waals surface area contributed by atoms with Gasteiger partial charge in [0, 0.05) is 12.3 Å². The Balaban J connectivity index is 0.00000484. The minimum atomic E-state index is -3.68. The summed E-state index contributed by atoms with van der Waals surface area (Å²) in [5, 5.41) is 7.76. The van der Waals surface area contributed by atoms with E-state index in [0.717, 1.165) is 6.42 Å². The van der Waals surface area contributed by atoms with Crippen LogP contribution < -0.4 is 20.9 Å². The molecule has 0 aliphatic rings. The molecule has 0 unspecified atom stereocenters. The third-order valence-corrected chi connectivity index (χ3v) is 4.44. The van der Waals surface area contributed by atoms with Gasteiger partial charge in [-0.2, -0.15) is 0 Å². The first kappa shape index (κ1) is 22.0. The summed E-state index contributed by atoms with van der Waals surface area (Å²) >= 11 is 1.46. The third-order valence-electron chi connectivity index (χ3n) is 2.58. The molecule has 1 rings (SSSR count). The number of sulfonamides is 1. The van der Waals surface area contributed by atoms with Gasteiger partial charge in [-0.25, -0.2) is 13.6 Å². The predicted octanol–water partition coefficient (Wildman–Crippen LogP) is 0.333. The first-order valence-corrected chi connectivity index (χ1v) is 9.44. The molecule has 0 saturated heterocycles. The van der Waals surface area contributed by atoms with Crippen molar-refractivity contribution < 1.29 is 17.9 Å². The molecule has 0 bridgehead atoms. The maximum Gasteiger partial charge on any atom is 0.238 e. The fourth-order valence-corrected chi connectivity index (χ4v) is 2.64. The molecule has 5 N–H and O–H groups in total. The molecular weight excluding hydrogens is 362 g/mol. The molecule has 0 radical (unpaired) electrons. The fourth-order valence-electron chi connectivity index (χ4n) is 1.49. The Kier molecular flexibility index (Phi) is 11.0. The minimum absolute atomic E-state index is 0. The van der Waals surface area contributed by atoms with Crippen LogP contribution in [0.3, 0.4) is 0 Å². The van der Waals surface area contributed by atoms with Gasteiger partial charge in [0.1, 0.15) is 5.75 Å². The SMILES string of the molecule is Cl.NCCCNC(=O)CSCCOc1ccc(S(N)(=O)=O)cc1. The van der Waals surface area contributed by atoms with Gasteiger partial charge in [0.2, 0.25) is 15.9 Å². The van der Waals surface area contributed by atoms with Gasteiger partial charge in [-0.05, 0) is 37.2 Å². The first-order valence-electron chi connectivity index (χ1n) is 6.73. The number of benzene rings is 1. The van der Waals surface area contributed by atoms with E-state index in [9.17, 15) is 13.2 Å². The number of nitrogens with one attached hydrogen (secondary N) is 1. The van der Waals surface area contributed by atoms with E-state index in [1.54, 1.807) is 12.1 Å². The quantitative estimate of drug-likeness (QED) is 0.500. The molecule has 0 saturated carbocycles. The molecule has 132 valence electrons. The summed E-state index contributed by atoms with van der Waals surface area (Å²) in [7, 11) is -3.68. The highest BCUT2D eigenvalue weighted by Crippen LogP contribution is 2.15. The normalized spacial score (nSPS) is 10.7. The Bertz CT molecular complexity index is 567. The van der Waals surface area contributed by atoms with E-state index in [1.807, 2.05) is 0 Å². The molecule has 1 amide bonds. The average Bonchev–Trinajstić information content (AvgIpc) is 2.47. The van der Waals surface area contributed by atoms with Crippen molar-refractivity contribution in [2.24, 2.45) is 10.9 Å². The van der Waals surface area contributed by atoms with Gasteiger partial charge in [0.25, 0.3) is 0 Å². The summed E-state index contributed by atoms with van der Waals surface area (Å²) < 4.78 is 27.6. The molecule has 10 heteroatoms. The number of ether oxygens (including phenoxy) is 1. The number of hydrogen-bond donors (Lipinski definition) is 3. The van der Waals surface area contributed by atoms with E-state index in [4.69, 9.17) is 15.6 Å². The maximum atomic E-state index is 11.4. The molecule has 23 heavy (non-hydrogen) atoms. The van der Waals surface area contributed by atoms with Crippen LogP contribution in [0.15, 0.2) is 29.2 Å². The Morgan fingerprint density at radius 2 is 1.91 bits per heavy atom. The largest absolute Gasteiger partial charge is 0.493 e. The summed E-state index contributed by atoms with van der Waals surface area (Å²) in [5.41, 5.74) is 5.33. The molecule has 0 spiro atoms. The van der Waals surface area contributed by atoms with Gasteiger partial charge < -0.3 is 15.8 Å². The molecular formula is C13H22ClN3O4S2. The van der Waals surface area contributed by atoms with E-state index < -0.39 is 10.0 Å². The lowest BCUT2D eigenvalue weighted by molar-refractivity contribution is -0.118. The number of primary sulfonamides is 1. The van der Waals surface area contributed by atoms with Gasteiger partial charge >= 0.3 is 0 Å². The summed E-state index contributed by atoms with van der Waals surface area (Å²) in [6, 6.07) is 5.87. The first-order chi connectivity index (χ1) is 10.4. The Morgan fingerprint density at radius 1 is 1.26 bits per heavy atom. The van der Waals surface area contributed by atoms with E-state index in [-0.39, 0.29) is 23.2 Å². The molecule has 0 heterocycles. The van der Waals surface area contributed by atoms with Crippen molar-refractivity contribution in [3.8, 4) is 5.75 Å². The molecule has 0 fully saturated rings.